The average molecular weight is 466 g/mol. The second kappa shape index (κ2) is 10.4. The van der Waals surface area contributed by atoms with Crippen molar-refractivity contribution in [2.24, 2.45) is 5.92 Å². The summed E-state index contributed by atoms with van der Waals surface area (Å²) in [7, 11) is 0. The van der Waals surface area contributed by atoms with Gasteiger partial charge in [-0.3, -0.25) is 14.4 Å². The number of rotatable bonds is 6. The number of nitrogens with one attached hydrogen (secondary N) is 2. The van der Waals surface area contributed by atoms with Crippen LogP contribution in [-0.4, -0.2) is 35.7 Å². The smallest absolute Gasteiger partial charge is 0.263 e. The Kier molecular flexibility index (Phi) is 7.14. The molecule has 1 aromatic heterocycles. The summed E-state index contributed by atoms with van der Waals surface area (Å²) in [5, 5.41) is 7.59. The monoisotopic (exact) mass is 465 g/mol. The van der Waals surface area contributed by atoms with Crippen molar-refractivity contribution >= 4 is 34.7 Å². The maximum absolute atomic E-state index is 13.3. The van der Waals surface area contributed by atoms with Crippen molar-refractivity contribution in [3.63, 3.8) is 0 Å². The van der Waals surface area contributed by atoms with E-state index in [-0.39, 0.29) is 23.3 Å². The molecule has 3 aromatic rings. The van der Waals surface area contributed by atoms with Crippen LogP contribution in [0.5, 0.6) is 0 Å². The molecule has 170 valence electrons. The molecule has 0 unspecified atom stereocenters. The first kappa shape index (κ1) is 22.7. The van der Waals surface area contributed by atoms with Gasteiger partial charge in [0.05, 0.1) is 4.88 Å². The van der Waals surface area contributed by atoms with Crippen molar-refractivity contribution in [1.82, 2.24) is 10.2 Å². The summed E-state index contributed by atoms with van der Waals surface area (Å²) in [5.41, 5.74) is 1.64. The molecule has 3 amide bonds. The topological polar surface area (TPSA) is 78.5 Å². The molecule has 8 heteroatoms. The lowest BCUT2D eigenvalue weighted by Crippen LogP contribution is -2.42. The summed E-state index contributed by atoms with van der Waals surface area (Å²) in [6.45, 7) is 1.46. The first-order valence-corrected chi connectivity index (χ1v) is 11.6. The molecular weight excluding hydrogens is 441 g/mol. The Balaban J connectivity index is 1.27. The predicted octanol–water partition coefficient (Wildman–Crippen LogP) is 4.31. The quantitative estimate of drug-likeness (QED) is 0.570. The summed E-state index contributed by atoms with van der Waals surface area (Å²) in [6.07, 6.45) is 1.26. The van der Waals surface area contributed by atoms with Gasteiger partial charge in [0.1, 0.15) is 5.82 Å². The Morgan fingerprint density at radius 3 is 2.52 bits per heavy atom. The van der Waals surface area contributed by atoms with Crippen molar-refractivity contribution in [3.8, 4) is 0 Å². The highest BCUT2D eigenvalue weighted by Gasteiger charge is 2.28. The fraction of sp³-hybridized carbons (Fsp3) is 0.240. The zero-order chi connectivity index (χ0) is 23.2. The van der Waals surface area contributed by atoms with Gasteiger partial charge in [-0.1, -0.05) is 24.3 Å². The molecule has 2 heterocycles. The molecule has 1 fully saturated rings. The van der Waals surface area contributed by atoms with E-state index in [1.165, 1.54) is 29.5 Å². The standard InChI is InChI=1S/C25H24FN3O3S/c26-20-6-2-5-19(15-20)24(31)28-21-7-1-4-17(14-21)16-27-23(30)18-9-11-29(12-10-18)25(32)22-8-3-13-33-22/h1-8,13-15,18H,9-12,16H2,(H,27,30)(H,28,31). The molecule has 2 N–H and O–H groups in total. The zero-order valence-corrected chi connectivity index (χ0v) is 18.7. The Morgan fingerprint density at radius 1 is 1.00 bits per heavy atom. The van der Waals surface area contributed by atoms with Crippen molar-refractivity contribution in [2.45, 2.75) is 19.4 Å². The summed E-state index contributed by atoms with van der Waals surface area (Å²) < 4.78 is 13.3. The molecule has 6 nitrogen and oxygen atoms in total. The van der Waals surface area contributed by atoms with E-state index in [9.17, 15) is 18.8 Å². The lowest BCUT2D eigenvalue weighted by molar-refractivity contribution is -0.126. The minimum Gasteiger partial charge on any atom is -0.352 e. The highest BCUT2D eigenvalue weighted by molar-refractivity contribution is 7.12. The second-order valence-electron chi connectivity index (χ2n) is 7.93. The molecular formula is C25H24FN3O3S. The first-order valence-electron chi connectivity index (χ1n) is 10.8. The lowest BCUT2D eigenvalue weighted by Gasteiger charge is -2.31. The van der Waals surface area contributed by atoms with E-state index in [1.807, 2.05) is 23.6 Å². The largest absolute Gasteiger partial charge is 0.352 e. The number of halogens is 1. The van der Waals surface area contributed by atoms with Crippen LogP contribution in [-0.2, 0) is 11.3 Å². The van der Waals surface area contributed by atoms with Crippen LogP contribution in [0.2, 0.25) is 0 Å². The average Bonchev–Trinajstić information content (AvgIpc) is 3.37. The molecule has 4 rings (SSSR count). The van der Waals surface area contributed by atoms with Crippen LogP contribution in [0, 0.1) is 11.7 Å². The molecule has 2 aromatic carbocycles. The Bertz CT molecular complexity index is 1140. The van der Waals surface area contributed by atoms with Gasteiger partial charge in [-0.2, -0.15) is 0 Å². The van der Waals surface area contributed by atoms with E-state index in [0.717, 1.165) is 10.4 Å². The van der Waals surface area contributed by atoms with E-state index >= 15 is 0 Å². The SMILES string of the molecule is O=C(Nc1cccc(CNC(=O)C2CCN(C(=O)c3cccs3)CC2)c1)c1cccc(F)c1. The number of carbonyl (C=O) groups excluding carboxylic acids is 3. The number of carbonyl (C=O) groups is 3. The highest BCUT2D eigenvalue weighted by atomic mass is 32.1. The number of hydrogen-bond acceptors (Lipinski definition) is 4. The van der Waals surface area contributed by atoms with Crippen LogP contribution >= 0.6 is 11.3 Å². The molecule has 1 aliphatic heterocycles. The van der Waals surface area contributed by atoms with Crippen LogP contribution in [0.3, 0.4) is 0 Å². The molecule has 1 saturated heterocycles. The van der Waals surface area contributed by atoms with Crippen molar-refractivity contribution in [3.05, 3.63) is 87.9 Å². The lowest BCUT2D eigenvalue weighted by atomic mass is 9.95. The third-order valence-electron chi connectivity index (χ3n) is 5.62. The van der Waals surface area contributed by atoms with Gasteiger partial charge >= 0.3 is 0 Å². The maximum atomic E-state index is 13.3. The highest BCUT2D eigenvalue weighted by Crippen LogP contribution is 2.21. The Hall–Kier alpha value is -3.52. The summed E-state index contributed by atoms with van der Waals surface area (Å²) in [4.78, 5) is 39.9. The van der Waals surface area contributed by atoms with Gasteiger partial charge < -0.3 is 15.5 Å². The fourth-order valence-electron chi connectivity index (χ4n) is 3.83. The van der Waals surface area contributed by atoms with E-state index in [4.69, 9.17) is 0 Å². The van der Waals surface area contributed by atoms with Gasteiger partial charge in [-0.15, -0.1) is 11.3 Å². The summed E-state index contributed by atoms with van der Waals surface area (Å²) in [6, 6.07) is 16.3. The maximum Gasteiger partial charge on any atom is 0.263 e. The first-order chi connectivity index (χ1) is 16.0. The van der Waals surface area contributed by atoms with Gasteiger partial charge in [0.15, 0.2) is 0 Å². The molecule has 0 bridgehead atoms. The Morgan fingerprint density at radius 2 is 1.79 bits per heavy atom. The van der Waals surface area contributed by atoms with E-state index in [1.54, 1.807) is 29.2 Å². The molecule has 0 spiro atoms. The molecule has 1 aliphatic rings. The van der Waals surface area contributed by atoms with Crippen LogP contribution in [0.15, 0.2) is 66.0 Å². The van der Waals surface area contributed by atoms with Gasteiger partial charge in [0.25, 0.3) is 11.8 Å². The third-order valence-corrected chi connectivity index (χ3v) is 6.48. The molecule has 0 saturated carbocycles. The number of thiophene rings is 1. The van der Waals surface area contributed by atoms with Crippen molar-refractivity contribution in [2.75, 3.05) is 18.4 Å². The second-order valence-corrected chi connectivity index (χ2v) is 8.87. The van der Waals surface area contributed by atoms with Crippen molar-refractivity contribution in [1.29, 1.82) is 0 Å². The van der Waals surface area contributed by atoms with E-state index < -0.39 is 11.7 Å². The van der Waals surface area contributed by atoms with Gasteiger partial charge in [0, 0.05) is 36.8 Å². The Labute approximate surface area is 195 Å². The van der Waals surface area contributed by atoms with Crippen molar-refractivity contribution < 1.29 is 18.8 Å². The van der Waals surface area contributed by atoms with Crippen LogP contribution in [0.4, 0.5) is 10.1 Å². The summed E-state index contributed by atoms with van der Waals surface area (Å²) in [5.74, 6) is -1.01. The molecule has 0 aliphatic carbocycles. The van der Waals surface area contributed by atoms with Crippen LogP contribution in [0.1, 0.15) is 38.4 Å². The van der Waals surface area contributed by atoms with Gasteiger partial charge in [-0.05, 0) is 60.2 Å². The molecule has 33 heavy (non-hydrogen) atoms. The number of likely N-dealkylation sites (tertiary alicyclic amines) is 1. The van der Waals surface area contributed by atoms with E-state index in [0.29, 0.717) is 38.2 Å². The number of hydrogen-bond donors (Lipinski definition) is 2. The molecule has 0 atom stereocenters. The number of amides is 3. The third kappa shape index (κ3) is 5.84. The molecule has 0 radical (unpaired) electrons. The minimum absolute atomic E-state index is 0.0287. The van der Waals surface area contributed by atoms with Crippen LogP contribution < -0.4 is 10.6 Å². The number of piperidine rings is 1. The van der Waals surface area contributed by atoms with Gasteiger partial charge in [-0.25, -0.2) is 4.39 Å². The number of anilines is 1. The zero-order valence-electron chi connectivity index (χ0n) is 17.9. The van der Waals surface area contributed by atoms with Crippen LogP contribution in [0.25, 0.3) is 0 Å². The number of nitrogens with zero attached hydrogens (tertiary/aromatic N) is 1. The number of benzene rings is 2. The normalized spacial score (nSPS) is 14.0. The fourth-order valence-corrected chi connectivity index (χ4v) is 4.52. The predicted molar refractivity (Wildman–Crippen MR) is 126 cm³/mol. The summed E-state index contributed by atoms with van der Waals surface area (Å²) >= 11 is 1.43. The minimum atomic E-state index is -0.471. The van der Waals surface area contributed by atoms with E-state index in [2.05, 4.69) is 10.6 Å². The van der Waals surface area contributed by atoms with Gasteiger partial charge in [0.2, 0.25) is 5.91 Å².